The summed E-state index contributed by atoms with van der Waals surface area (Å²) in [5.74, 6) is -0.691. The molecular weight excluding hydrogens is 659 g/mol. The first-order valence-corrected chi connectivity index (χ1v) is 16.6. The number of carbonyl (C=O) groups excluding carboxylic acids is 1. The number of hydrogen-bond donors (Lipinski definition) is 3. The van der Waals surface area contributed by atoms with Crippen LogP contribution in [0, 0.1) is 0 Å². The van der Waals surface area contributed by atoms with Crippen LogP contribution in [0.5, 0.6) is 0 Å². The van der Waals surface area contributed by atoms with Crippen LogP contribution in [0.3, 0.4) is 0 Å². The average molecular weight is 698 g/mol. The van der Waals surface area contributed by atoms with E-state index in [4.69, 9.17) is 44.3 Å². The zero-order valence-corrected chi connectivity index (χ0v) is 28.5. The molecule has 0 saturated carbocycles. The first-order valence-electron chi connectivity index (χ1n) is 15.5. The predicted molar refractivity (Wildman–Crippen MR) is 186 cm³/mol. The Morgan fingerprint density at radius 1 is 0.915 bits per heavy atom. The van der Waals surface area contributed by atoms with Crippen molar-refractivity contribution in [1.29, 1.82) is 0 Å². The minimum Gasteiger partial charge on any atom is -0.392 e. The number of halogens is 3. The largest absolute Gasteiger partial charge is 0.392 e. The first kappa shape index (κ1) is 35.3. The van der Waals surface area contributed by atoms with Crippen LogP contribution in [-0.2, 0) is 27.4 Å². The molecule has 0 aliphatic carbocycles. The number of aliphatic hydroxyl groups excluding tert-OH is 2. The lowest BCUT2D eigenvalue weighted by Crippen LogP contribution is -2.43. The predicted octanol–water partition coefficient (Wildman–Crippen LogP) is 7.43. The highest BCUT2D eigenvalue weighted by molar-refractivity contribution is 6.76. The number of hydrogen-bond acceptors (Lipinski definition) is 6. The molecule has 5 atom stereocenters. The summed E-state index contributed by atoms with van der Waals surface area (Å²) in [6, 6.07) is 33.0. The normalized spacial score (nSPS) is 19.7. The van der Waals surface area contributed by atoms with Gasteiger partial charge in [0.05, 0.1) is 24.9 Å². The Kier molecular flexibility index (Phi) is 12.0. The fraction of sp³-hybridized carbons (Fsp3) is 0.324. The summed E-state index contributed by atoms with van der Waals surface area (Å²) in [5, 5.41) is 23.3. The second kappa shape index (κ2) is 15.9. The molecule has 1 saturated heterocycles. The molecule has 10 heteroatoms. The first-order chi connectivity index (χ1) is 22.5. The lowest BCUT2D eigenvalue weighted by molar-refractivity contribution is -0.253. The topological polar surface area (TPSA) is 91.3 Å². The molecule has 0 aromatic heterocycles. The lowest BCUT2D eigenvalue weighted by Gasteiger charge is -2.39. The van der Waals surface area contributed by atoms with Gasteiger partial charge in [-0.2, -0.15) is 0 Å². The Bertz CT molecular complexity index is 1600. The molecule has 0 unspecified atom stereocenters. The van der Waals surface area contributed by atoms with Gasteiger partial charge in [-0.15, -0.1) is 0 Å². The molecule has 3 N–H and O–H groups in total. The van der Waals surface area contributed by atoms with Gasteiger partial charge >= 0.3 is 0 Å². The maximum atomic E-state index is 12.1. The number of nitrogens with one attached hydrogen (secondary N) is 1. The molecule has 7 nitrogen and oxygen atoms in total. The monoisotopic (exact) mass is 696 g/mol. The SMILES string of the molecule is C[C@H]([C@@H](O)c1ccccc1)N(C)C[C@H]1C[C@@H](c2ccc(CO)cc2)O[C@@H](c2ccc(-c3ccccc3CNC(=O)C(Cl)(Cl)Cl)cc2)O1. The van der Waals surface area contributed by atoms with Gasteiger partial charge < -0.3 is 25.0 Å². The van der Waals surface area contributed by atoms with Crippen LogP contribution in [0.1, 0.15) is 59.7 Å². The number of benzene rings is 4. The van der Waals surface area contributed by atoms with Crippen molar-refractivity contribution in [3.8, 4) is 11.1 Å². The van der Waals surface area contributed by atoms with E-state index < -0.39 is 22.1 Å². The van der Waals surface area contributed by atoms with Crippen molar-refractivity contribution in [3.05, 3.63) is 131 Å². The van der Waals surface area contributed by atoms with Gasteiger partial charge in [0, 0.05) is 31.1 Å². The molecule has 1 fully saturated rings. The van der Waals surface area contributed by atoms with Crippen LogP contribution >= 0.6 is 34.8 Å². The summed E-state index contributed by atoms with van der Waals surface area (Å²) in [5.41, 5.74) is 6.31. The Balaban J connectivity index is 1.35. The van der Waals surface area contributed by atoms with E-state index >= 15 is 0 Å². The van der Waals surface area contributed by atoms with Crippen LogP contribution < -0.4 is 5.32 Å². The van der Waals surface area contributed by atoms with Crippen LogP contribution in [0.15, 0.2) is 103 Å². The summed E-state index contributed by atoms with van der Waals surface area (Å²) >= 11 is 17.2. The van der Waals surface area contributed by atoms with E-state index in [1.165, 1.54) is 0 Å². The third-order valence-electron chi connectivity index (χ3n) is 8.61. The van der Waals surface area contributed by atoms with E-state index in [-0.39, 0.29) is 31.4 Å². The van der Waals surface area contributed by atoms with Crippen molar-refractivity contribution in [3.63, 3.8) is 0 Å². The van der Waals surface area contributed by atoms with E-state index in [1.54, 1.807) is 0 Å². The van der Waals surface area contributed by atoms with Crippen molar-refractivity contribution in [2.75, 3.05) is 13.6 Å². The number of nitrogens with zero attached hydrogens (tertiary/aromatic N) is 1. The quantitative estimate of drug-likeness (QED) is 0.141. The summed E-state index contributed by atoms with van der Waals surface area (Å²) < 4.78 is 11.1. The summed E-state index contributed by atoms with van der Waals surface area (Å²) in [7, 11) is 2.00. The molecule has 248 valence electrons. The molecule has 5 rings (SSSR count). The maximum Gasteiger partial charge on any atom is 0.272 e. The molecule has 4 aromatic rings. The molecule has 0 bridgehead atoms. The molecule has 0 spiro atoms. The van der Waals surface area contributed by atoms with E-state index in [1.807, 2.05) is 117 Å². The molecule has 47 heavy (non-hydrogen) atoms. The van der Waals surface area contributed by atoms with E-state index in [2.05, 4.69) is 10.2 Å². The van der Waals surface area contributed by atoms with Crippen molar-refractivity contribution >= 4 is 40.7 Å². The van der Waals surface area contributed by atoms with Gasteiger partial charge in [-0.05, 0) is 47.4 Å². The van der Waals surface area contributed by atoms with Gasteiger partial charge in [0.25, 0.3) is 9.70 Å². The van der Waals surface area contributed by atoms with Gasteiger partial charge in [-0.1, -0.05) is 138 Å². The number of amides is 1. The van der Waals surface area contributed by atoms with Gasteiger partial charge in [-0.3, -0.25) is 9.69 Å². The van der Waals surface area contributed by atoms with E-state index in [0.29, 0.717) is 13.0 Å². The fourth-order valence-electron chi connectivity index (χ4n) is 5.74. The number of aliphatic hydroxyl groups is 2. The van der Waals surface area contributed by atoms with Gasteiger partial charge in [0.1, 0.15) is 0 Å². The summed E-state index contributed by atoms with van der Waals surface area (Å²) in [6.45, 7) is 2.77. The maximum absolute atomic E-state index is 12.1. The van der Waals surface area contributed by atoms with Gasteiger partial charge in [-0.25, -0.2) is 0 Å². The average Bonchev–Trinajstić information content (AvgIpc) is 3.10. The Morgan fingerprint density at radius 2 is 1.55 bits per heavy atom. The summed E-state index contributed by atoms with van der Waals surface area (Å²) in [4.78, 5) is 14.3. The minimum absolute atomic E-state index is 0.0264. The molecule has 1 amide bonds. The van der Waals surface area contributed by atoms with Crippen molar-refractivity contribution in [1.82, 2.24) is 10.2 Å². The number of ether oxygens (including phenoxy) is 2. The molecule has 4 aromatic carbocycles. The molecule has 1 aliphatic rings. The second-order valence-corrected chi connectivity index (χ2v) is 14.1. The van der Waals surface area contributed by atoms with Crippen LogP contribution in [-0.4, -0.2) is 50.6 Å². The lowest BCUT2D eigenvalue weighted by atomic mass is 9.97. The van der Waals surface area contributed by atoms with Crippen LogP contribution in [0.4, 0.5) is 0 Å². The van der Waals surface area contributed by atoms with Crippen molar-refractivity contribution < 1.29 is 24.5 Å². The number of likely N-dealkylation sites (N-methyl/N-ethyl adjacent to an activating group) is 1. The third-order valence-corrected chi connectivity index (χ3v) is 9.12. The molecule has 1 heterocycles. The van der Waals surface area contributed by atoms with Crippen LogP contribution in [0.25, 0.3) is 11.1 Å². The zero-order chi connectivity index (χ0) is 33.6. The third kappa shape index (κ3) is 9.13. The standard InChI is InChI=1S/C37H39Cl3N2O5/c1-24(34(44)28-8-4-3-5-9-28)42(2)22-31-20-33(27-14-12-25(23-43)13-15-27)47-35(46-31)29-18-16-26(17-19-29)32-11-7-6-10-30(32)21-41-36(45)37(38,39)40/h3-19,24,31,33-35,43-44H,20-23H2,1-2H3,(H,41,45)/t24-,31-,33+,34-,35+/m1/s1. The molecule has 1 aliphatic heterocycles. The van der Waals surface area contributed by atoms with E-state index in [0.717, 1.165) is 38.9 Å². The zero-order valence-electron chi connectivity index (χ0n) is 26.2. The Labute approximate surface area is 291 Å². The molecular formula is C37H39Cl3N2O5. The van der Waals surface area contributed by atoms with E-state index in [9.17, 15) is 15.0 Å². The second-order valence-electron chi connectivity index (χ2n) is 11.8. The highest BCUT2D eigenvalue weighted by Gasteiger charge is 2.34. The highest BCUT2D eigenvalue weighted by Crippen LogP contribution is 2.39. The Hall–Kier alpha value is -2.98. The molecule has 0 radical (unpaired) electrons. The van der Waals surface area contributed by atoms with Crippen LogP contribution in [0.2, 0.25) is 0 Å². The number of carbonyl (C=O) groups is 1. The van der Waals surface area contributed by atoms with Gasteiger partial charge in [0.2, 0.25) is 0 Å². The fourth-order valence-corrected chi connectivity index (χ4v) is 5.94. The number of alkyl halides is 3. The van der Waals surface area contributed by atoms with Gasteiger partial charge in [0.15, 0.2) is 6.29 Å². The minimum atomic E-state index is -2.04. The summed E-state index contributed by atoms with van der Waals surface area (Å²) in [6.07, 6.45) is -1.08. The highest BCUT2D eigenvalue weighted by atomic mass is 35.6. The van der Waals surface area contributed by atoms with Crippen molar-refractivity contribution in [2.24, 2.45) is 0 Å². The number of rotatable bonds is 11. The Morgan fingerprint density at radius 3 is 2.21 bits per heavy atom. The van der Waals surface area contributed by atoms with Crippen molar-refractivity contribution in [2.45, 2.75) is 60.9 Å². The smallest absolute Gasteiger partial charge is 0.272 e.